The van der Waals surface area contributed by atoms with Crippen molar-refractivity contribution in [2.45, 2.75) is 13.3 Å². The molecular weight excluding hydrogens is 148 g/mol. The maximum Gasteiger partial charge on any atom is 0.303 e. The van der Waals surface area contributed by atoms with Crippen LogP contribution < -0.4 is 17.0 Å². The lowest BCUT2D eigenvalue weighted by Gasteiger charge is -1.71. The molecule has 0 amide bonds. The summed E-state index contributed by atoms with van der Waals surface area (Å²) in [7, 11) is 0. The summed E-state index contributed by atoms with van der Waals surface area (Å²) in [6.45, 7) is 1.60. The van der Waals surface area contributed by atoms with E-state index in [2.05, 4.69) is 0 Å². The monoisotopic (exact) mass is 153 g/mol. The fraction of sp³-hybridized carbons (Fsp3) is 0.667. The van der Waals surface area contributed by atoms with Crippen molar-refractivity contribution >= 4 is 5.97 Å². The molecule has 38 valence electrons. The first-order chi connectivity index (χ1) is 2.27. The van der Waals surface area contributed by atoms with E-state index in [1.54, 1.807) is 6.92 Å². The van der Waals surface area contributed by atoms with Crippen LogP contribution in [0.4, 0.5) is 0 Å². The number of hydrogen-bond acceptors (Lipinski definition) is 1. The van der Waals surface area contributed by atoms with Gasteiger partial charge >= 0.3 is 5.97 Å². The second kappa shape index (κ2) is 4.95. The van der Waals surface area contributed by atoms with Crippen molar-refractivity contribution in [1.29, 1.82) is 0 Å². The van der Waals surface area contributed by atoms with Crippen molar-refractivity contribution < 1.29 is 26.9 Å². The first-order valence-corrected chi connectivity index (χ1v) is 1.49. The fourth-order valence-electron chi connectivity index (χ4n) is 0. The second-order valence-corrected chi connectivity index (χ2v) is 0.747. The molecule has 0 rings (SSSR count). The van der Waals surface area contributed by atoms with E-state index >= 15 is 0 Å². The number of rotatable bonds is 1. The topological polar surface area (TPSA) is 37.3 Å². The molecule has 0 saturated heterocycles. The van der Waals surface area contributed by atoms with E-state index in [4.69, 9.17) is 5.11 Å². The Morgan fingerprint density at radius 3 is 2.00 bits per heavy atom. The third-order valence-electron chi connectivity index (χ3n) is 0.302. The van der Waals surface area contributed by atoms with E-state index in [1.807, 2.05) is 0 Å². The van der Waals surface area contributed by atoms with E-state index in [1.165, 1.54) is 0 Å². The molecule has 0 heterocycles. The van der Waals surface area contributed by atoms with E-state index in [0.29, 0.717) is 0 Å². The highest BCUT2D eigenvalue weighted by Crippen LogP contribution is 1.67. The van der Waals surface area contributed by atoms with Crippen LogP contribution in [0.2, 0.25) is 0 Å². The number of hydrogen-bond donors (Lipinski definition) is 1. The molecule has 0 aliphatic rings. The Hall–Kier alpha value is -0.0500. The van der Waals surface area contributed by atoms with Crippen LogP contribution in [0.15, 0.2) is 0 Å². The van der Waals surface area contributed by atoms with Gasteiger partial charge in [-0.2, -0.15) is 0 Å². The molecule has 0 aliphatic carbocycles. The van der Waals surface area contributed by atoms with Crippen molar-refractivity contribution in [2.24, 2.45) is 0 Å². The van der Waals surface area contributed by atoms with Gasteiger partial charge in [0.2, 0.25) is 0 Å². The highest BCUT2D eigenvalue weighted by atomic mass is 79.9. The summed E-state index contributed by atoms with van der Waals surface area (Å²) in [4.78, 5) is 9.37. The van der Waals surface area contributed by atoms with Crippen molar-refractivity contribution in [1.82, 2.24) is 0 Å². The molecule has 0 aromatic heterocycles. The van der Waals surface area contributed by atoms with Gasteiger partial charge in [-0.05, 0) is 0 Å². The van der Waals surface area contributed by atoms with E-state index < -0.39 is 5.97 Å². The molecule has 0 aromatic carbocycles. The predicted molar refractivity (Wildman–Crippen MR) is 17.9 cm³/mol. The van der Waals surface area contributed by atoms with Gasteiger partial charge in [-0.15, -0.1) is 0 Å². The summed E-state index contributed by atoms with van der Waals surface area (Å²) in [6, 6.07) is 0. The molecular formula is C3H6BrO2-. The summed E-state index contributed by atoms with van der Waals surface area (Å²) in [5.74, 6) is -0.745. The van der Waals surface area contributed by atoms with Crippen LogP contribution in [0.1, 0.15) is 13.3 Å². The highest BCUT2D eigenvalue weighted by Gasteiger charge is 1.80. The summed E-state index contributed by atoms with van der Waals surface area (Å²) in [5.41, 5.74) is 0. The van der Waals surface area contributed by atoms with Crippen LogP contribution in [0, 0.1) is 0 Å². The maximum atomic E-state index is 9.37. The standard InChI is InChI=1S/C3H6O2.BrH/c1-2-3(4)5;/h2H2,1H3,(H,4,5);1H/p-1. The van der Waals surface area contributed by atoms with Crippen LogP contribution in [-0.2, 0) is 4.79 Å². The van der Waals surface area contributed by atoms with Crippen molar-refractivity contribution in [3.63, 3.8) is 0 Å². The van der Waals surface area contributed by atoms with Gasteiger partial charge in [-0.1, -0.05) is 6.92 Å². The van der Waals surface area contributed by atoms with Gasteiger partial charge in [-0.3, -0.25) is 4.79 Å². The van der Waals surface area contributed by atoms with Crippen molar-refractivity contribution in [2.75, 3.05) is 0 Å². The molecule has 0 atom stereocenters. The third-order valence-corrected chi connectivity index (χ3v) is 0.302. The molecule has 0 radical (unpaired) electrons. The van der Waals surface area contributed by atoms with Gasteiger partial charge in [0.1, 0.15) is 0 Å². The summed E-state index contributed by atoms with van der Waals surface area (Å²) < 4.78 is 0. The van der Waals surface area contributed by atoms with Gasteiger partial charge in [0.05, 0.1) is 0 Å². The van der Waals surface area contributed by atoms with E-state index in [9.17, 15) is 4.79 Å². The lowest BCUT2D eigenvalue weighted by atomic mass is 10.5. The molecule has 0 fully saturated rings. The third kappa shape index (κ3) is 9.04. The van der Waals surface area contributed by atoms with Gasteiger partial charge < -0.3 is 22.1 Å². The Balaban J connectivity index is 0. The number of carboxylic acid groups (broad SMARTS) is 1. The Morgan fingerprint density at radius 2 is 2.00 bits per heavy atom. The molecule has 3 heteroatoms. The maximum absolute atomic E-state index is 9.37. The first kappa shape index (κ1) is 9.34. The molecule has 0 saturated carbocycles. The van der Waals surface area contributed by atoms with Crippen LogP contribution in [0.5, 0.6) is 0 Å². The zero-order valence-corrected chi connectivity index (χ0v) is 5.03. The van der Waals surface area contributed by atoms with E-state index in [0.717, 1.165) is 0 Å². The average molecular weight is 154 g/mol. The molecule has 0 bridgehead atoms. The number of carboxylic acids is 1. The molecule has 1 N–H and O–H groups in total. The second-order valence-electron chi connectivity index (χ2n) is 0.747. The normalized spacial score (nSPS) is 6.17. The largest absolute Gasteiger partial charge is 1.00 e. The number of aliphatic carboxylic acids is 1. The van der Waals surface area contributed by atoms with Gasteiger partial charge in [0.15, 0.2) is 0 Å². The Morgan fingerprint density at radius 1 is 1.83 bits per heavy atom. The minimum atomic E-state index is -0.745. The van der Waals surface area contributed by atoms with Gasteiger partial charge in [0.25, 0.3) is 0 Å². The lowest BCUT2D eigenvalue weighted by Crippen LogP contribution is -3.00. The fourth-order valence-corrected chi connectivity index (χ4v) is 0. The molecule has 2 nitrogen and oxygen atoms in total. The van der Waals surface area contributed by atoms with Crippen molar-refractivity contribution in [3.05, 3.63) is 0 Å². The molecule has 0 unspecified atom stereocenters. The number of halogens is 1. The summed E-state index contributed by atoms with van der Waals surface area (Å²) >= 11 is 0. The van der Waals surface area contributed by atoms with Crippen molar-refractivity contribution in [3.8, 4) is 0 Å². The zero-order valence-electron chi connectivity index (χ0n) is 3.44. The predicted octanol–water partition coefficient (Wildman–Crippen LogP) is -2.51. The molecule has 6 heavy (non-hydrogen) atoms. The minimum Gasteiger partial charge on any atom is -1.00 e. The van der Waals surface area contributed by atoms with Gasteiger partial charge in [0, 0.05) is 6.42 Å². The molecule has 0 aliphatic heterocycles. The minimum absolute atomic E-state index is 0. The zero-order chi connectivity index (χ0) is 4.28. The van der Waals surface area contributed by atoms with Gasteiger partial charge in [-0.25, -0.2) is 0 Å². The van der Waals surface area contributed by atoms with Crippen LogP contribution in [-0.4, -0.2) is 11.1 Å². The highest BCUT2D eigenvalue weighted by molar-refractivity contribution is 5.66. The molecule has 0 spiro atoms. The summed E-state index contributed by atoms with van der Waals surface area (Å²) in [5, 5.41) is 7.72. The lowest BCUT2D eigenvalue weighted by molar-refractivity contribution is -0.136. The van der Waals surface area contributed by atoms with E-state index in [-0.39, 0.29) is 23.4 Å². The average Bonchev–Trinajstić information content (AvgIpc) is 1.38. The SMILES string of the molecule is CCC(=O)O.[Br-]. The smallest absolute Gasteiger partial charge is 0.303 e. The Kier molecular flexibility index (Phi) is 7.71. The number of carbonyl (C=O) groups is 1. The Labute approximate surface area is 46.9 Å². The quantitative estimate of drug-likeness (QED) is 0.452. The van der Waals surface area contributed by atoms with Crippen LogP contribution in [0.25, 0.3) is 0 Å². The summed E-state index contributed by atoms with van der Waals surface area (Å²) in [6.07, 6.45) is 0.222. The molecule has 0 aromatic rings. The first-order valence-electron chi connectivity index (χ1n) is 1.49. The Bertz CT molecular complexity index is 44.1. The van der Waals surface area contributed by atoms with Crippen LogP contribution >= 0.6 is 0 Å². The van der Waals surface area contributed by atoms with Crippen LogP contribution in [0.3, 0.4) is 0 Å².